The highest BCUT2D eigenvalue weighted by atomic mass is 19.1. The molecular formula is C12H18F2N2O2. The van der Waals surface area contributed by atoms with Gasteiger partial charge in [-0.3, -0.25) is 11.3 Å². The molecule has 1 atom stereocenters. The summed E-state index contributed by atoms with van der Waals surface area (Å²) in [5.74, 6) is 4.43. The summed E-state index contributed by atoms with van der Waals surface area (Å²) in [6.45, 7) is 1.21. The molecule has 0 spiro atoms. The first-order chi connectivity index (χ1) is 8.67. The Morgan fingerprint density at radius 3 is 2.78 bits per heavy atom. The summed E-state index contributed by atoms with van der Waals surface area (Å²) in [7, 11) is 1.57. The average molecular weight is 260 g/mol. The molecule has 0 heterocycles. The van der Waals surface area contributed by atoms with E-state index in [-0.39, 0.29) is 18.0 Å². The zero-order chi connectivity index (χ0) is 13.4. The van der Waals surface area contributed by atoms with Crippen molar-refractivity contribution in [3.8, 4) is 0 Å². The van der Waals surface area contributed by atoms with E-state index in [2.05, 4.69) is 5.43 Å². The minimum atomic E-state index is -0.470. The third-order valence-corrected chi connectivity index (χ3v) is 2.46. The molecule has 6 heteroatoms. The standard InChI is InChI=1S/C12H18F2N2O2/c1-17-4-5-18-8-11(16-15)7-9-6-10(13)2-3-12(9)14/h2-3,6,11,16H,4-5,7-8,15H2,1H3. The van der Waals surface area contributed by atoms with Gasteiger partial charge in [-0.25, -0.2) is 8.78 Å². The van der Waals surface area contributed by atoms with Gasteiger partial charge in [0.05, 0.1) is 19.8 Å². The lowest BCUT2D eigenvalue weighted by molar-refractivity contribution is 0.0586. The van der Waals surface area contributed by atoms with E-state index in [0.29, 0.717) is 19.8 Å². The molecule has 0 aliphatic carbocycles. The molecule has 0 radical (unpaired) electrons. The molecular weight excluding hydrogens is 242 g/mol. The van der Waals surface area contributed by atoms with E-state index < -0.39 is 11.6 Å². The van der Waals surface area contributed by atoms with E-state index in [1.54, 1.807) is 7.11 Å². The second-order valence-electron chi connectivity index (χ2n) is 3.87. The molecule has 0 saturated carbocycles. The number of halogens is 2. The monoisotopic (exact) mass is 260 g/mol. The van der Waals surface area contributed by atoms with E-state index in [1.165, 1.54) is 0 Å². The number of benzene rings is 1. The normalized spacial score (nSPS) is 12.7. The Kier molecular flexibility index (Phi) is 6.74. The summed E-state index contributed by atoms with van der Waals surface area (Å²) in [6, 6.07) is 3.07. The van der Waals surface area contributed by atoms with Crippen molar-refractivity contribution in [2.45, 2.75) is 12.5 Å². The zero-order valence-corrected chi connectivity index (χ0v) is 10.3. The Bertz CT molecular complexity index is 364. The van der Waals surface area contributed by atoms with Crippen LogP contribution in [0.1, 0.15) is 5.56 Å². The number of nitrogens with one attached hydrogen (secondary N) is 1. The van der Waals surface area contributed by atoms with Crippen LogP contribution in [-0.4, -0.2) is 33.0 Å². The number of methoxy groups -OCH3 is 1. The van der Waals surface area contributed by atoms with Gasteiger partial charge in [0.15, 0.2) is 0 Å². The molecule has 4 nitrogen and oxygen atoms in total. The quantitative estimate of drug-likeness (QED) is 0.416. The van der Waals surface area contributed by atoms with Crippen LogP contribution >= 0.6 is 0 Å². The van der Waals surface area contributed by atoms with Gasteiger partial charge < -0.3 is 9.47 Å². The van der Waals surface area contributed by atoms with Gasteiger partial charge in [-0.05, 0) is 30.2 Å². The summed E-state index contributed by atoms with van der Waals surface area (Å²) in [6.07, 6.45) is 0.257. The molecule has 0 bridgehead atoms. The molecule has 0 fully saturated rings. The lowest BCUT2D eigenvalue weighted by Gasteiger charge is -2.16. The van der Waals surface area contributed by atoms with Crippen LogP contribution in [-0.2, 0) is 15.9 Å². The van der Waals surface area contributed by atoms with Crippen LogP contribution in [0, 0.1) is 11.6 Å². The van der Waals surface area contributed by atoms with Crippen LogP contribution in [0.3, 0.4) is 0 Å². The summed E-state index contributed by atoms with van der Waals surface area (Å²) in [4.78, 5) is 0. The molecule has 102 valence electrons. The van der Waals surface area contributed by atoms with Gasteiger partial charge in [0.25, 0.3) is 0 Å². The van der Waals surface area contributed by atoms with Crippen molar-refractivity contribution in [3.05, 3.63) is 35.4 Å². The Labute approximate surface area is 105 Å². The predicted octanol–water partition coefficient (Wildman–Crippen LogP) is 1.00. The zero-order valence-electron chi connectivity index (χ0n) is 10.3. The van der Waals surface area contributed by atoms with Crippen molar-refractivity contribution in [2.75, 3.05) is 26.9 Å². The maximum absolute atomic E-state index is 13.4. The lowest BCUT2D eigenvalue weighted by Crippen LogP contribution is -2.40. The van der Waals surface area contributed by atoms with Crippen molar-refractivity contribution in [2.24, 2.45) is 5.84 Å². The van der Waals surface area contributed by atoms with Gasteiger partial charge in [-0.2, -0.15) is 0 Å². The smallest absolute Gasteiger partial charge is 0.126 e. The minimum absolute atomic E-state index is 0.257. The van der Waals surface area contributed by atoms with Crippen LogP contribution in [0.2, 0.25) is 0 Å². The number of hydrogen-bond donors (Lipinski definition) is 2. The van der Waals surface area contributed by atoms with Crippen LogP contribution in [0.15, 0.2) is 18.2 Å². The first-order valence-electron chi connectivity index (χ1n) is 5.64. The highest BCUT2D eigenvalue weighted by Crippen LogP contribution is 2.12. The molecule has 0 saturated heterocycles. The second kappa shape index (κ2) is 8.10. The maximum atomic E-state index is 13.4. The Hall–Kier alpha value is -1.08. The Balaban J connectivity index is 2.48. The fraction of sp³-hybridized carbons (Fsp3) is 0.500. The van der Waals surface area contributed by atoms with Gasteiger partial charge in [-0.15, -0.1) is 0 Å². The first kappa shape index (κ1) is 15.0. The van der Waals surface area contributed by atoms with E-state index in [9.17, 15) is 8.78 Å². The molecule has 1 rings (SSSR count). The van der Waals surface area contributed by atoms with Crippen molar-refractivity contribution >= 4 is 0 Å². The third kappa shape index (κ3) is 5.05. The number of nitrogens with two attached hydrogens (primary N) is 1. The summed E-state index contributed by atoms with van der Waals surface area (Å²) in [5.41, 5.74) is 2.79. The predicted molar refractivity (Wildman–Crippen MR) is 63.9 cm³/mol. The molecule has 0 amide bonds. The van der Waals surface area contributed by atoms with Gasteiger partial charge in [0.1, 0.15) is 11.6 Å². The largest absolute Gasteiger partial charge is 0.382 e. The summed E-state index contributed by atoms with van der Waals surface area (Å²) in [5, 5.41) is 0. The van der Waals surface area contributed by atoms with Gasteiger partial charge in [-0.1, -0.05) is 0 Å². The maximum Gasteiger partial charge on any atom is 0.126 e. The van der Waals surface area contributed by atoms with E-state index >= 15 is 0 Å². The van der Waals surface area contributed by atoms with Crippen LogP contribution in [0.25, 0.3) is 0 Å². The third-order valence-electron chi connectivity index (χ3n) is 2.46. The van der Waals surface area contributed by atoms with Gasteiger partial charge in [0, 0.05) is 13.2 Å². The summed E-state index contributed by atoms with van der Waals surface area (Å²) < 4.78 is 36.5. The molecule has 0 aliphatic rings. The number of rotatable bonds is 8. The minimum Gasteiger partial charge on any atom is -0.382 e. The highest BCUT2D eigenvalue weighted by molar-refractivity contribution is 5.19. The number of hydrogen-bond acceptors (Lipinski definition) is 4. The van der Waals surface area contributed by atoms with Crippen LogP contribution < -0.4 is 11.3 Å². The molecule has 18 heavy (non-hydrogen) atoms. The van der Waals surface area contributed by atoms with Crippen LogP contribution in [0.4, 0.5) is 8.78 Å². The average Bonchev–Trinajstić information content (AvgIpc) is 2.37. The molecule has 3 N–H and O–H groups in total. The van der Waals surface area contributed by atoms with Crippen molar-refractivity contribution in [3.63, 3.8) is 0 Å². The molecule has 1 unspecified atom stereocenters. The Morgan fingerprint density at radius 1 is 1.33 bits per heavy atom. The van der Waals surface area contributed by atoms with Crippen molar-refractivity contribution in [1.29, 1.82) is 0 Å². The fourth-order valence-corrected chi connectivity index (χ4v) is 1.50. The van der Waals surface area contributed by atoms with Crippen molar-refractivity contribution < 1.29 is 18.3 Å². The summed E-state index contributed by atoms with van der Waals surface area (Å²) >= 11 is 0. The van der Waals surface area contributed by atoms with Crippen molar-refractivity contribution in [1.82, 2.24) is 5.43 Å². The van der Waals surface area contributed by atoms with E-state index in [0.717, 1.165) is 18.2 Å². The van der Waals surface area contributed by atoms with Gasteiger partial charge in [0.2, 0.25) is 0 Å². The van der Waals surface area contributed by atoms with Gasteiger partial charge >= 0.3 is 0 Å². The highest BCUT2D eigenvalue weighted by Gasteiger charge is 2.12. The number of hydrazine groups is 1. The topological polar surface area (TPSA) is 56.5 Å². The molecule has 1 aromatic rings. The SMILES string of the molecule is COCCOCC(Cc1cc(F)ccc1F)NN. The Morgan fingerprint density at radius 2 is 2.11 bits per heavy atom. The second-order valence-corrected chi connectivity index (χ2v) is 3.87. The first-order valence-corrected chi connectivity index (χ1v) is 5.64. The molecule has 0 aromatic heterocycles. The van der Waals surface area contributed by atoms with E-state index in [1.807, 2.05) is 0 Å². The number of ether oxygens (including phenoxy) is 2. The molecule has 0 aliphatic heterocycles. The molecule has 1 aromatic carbocycles. The van der Waals surface area contributed by atoms with Crippen LogP contribution in [0.5, 0.6) is 0 Å². The fourth-order valence-electron chi connectivity index (χ4n) is 1.50. The van der Waals surface area contributed by atoms with E-state index in [4.69, 9.17) is 15.3 Å². The lowest BCUT2D eigenvalue weighted by atomic mass is 10.1.